The van der Waals surface area contributed by atoms with Crippen molar-refractivity contribution in [2.24, 2.45) is 5.92 Å². The summed E-state index contributed by atoms with van der Waals surface area (Å²) in [7, 11) is 1.62. The van der Waals surface area contributed by atoms with Gasteiger partial charge in [0.1, 0.15) is 5.75 Å². The number of aromatic nitrogens is 6. The average Bonchev–Trinajstić information content (AvgIpc) is 3.22. The van der Waals surface area contributed by atoms with Gasteiger partial charge in [-0.1, -0.05) is 42.9 Å². The molecule has 2 heterocycles. The lowest BCUT2D eigenvalue weighted by Gasteiger charge is -2.05. The molecule has 3 aromatic rings. The third kappa shape index (κ3) is 3.91. The van der Waals surface area contributed by atoms with E-state index in [0.717, 1.165) is 23.0 Å². The molecule has 0 unspecified atom stereocenters. The van der Waals surface area contributed by atoms with Crippen LogP contribution in [0.15, 0.2) is 33.9 Å². The molecule has 0 spiro atoms. The van der Waals surface area contributed by atoms with Crippen LogP contribution in [0.2, 0.25) is 0 Å². The van der Waals surface area contributed by atoms with Crippen LogP contribution in [0.25, 0.3) is 11.4 Å². The van der Waals surface area contributed by atoms with Crippen LogP contribution in [-0.2, 0) is 12.3 Å². The van der Waals surface area contributed by atoms with Gasteiger partial charge in [0.05, 0.1) is 12.9 Å². The van der Waals surface area contributed by atoms with Crippen LogP contribution in [0, 0.1) is 5.92 Å². The minimum atomic E-state index is 0.468. The molecule has 0 saturated carbocycles. The van der Waals surface area contributed by atoms with E-state index in [1.54, 1.807) is 11.8 Å². The van der Waals surface area contributed by atoms with Crippen LogP contribution in [0.4, 0.5) is 0 Å². The number of ether oxygens (including phenoxy) is 1. The second-order valence-electron chi connectivity index (χ2n) is 5.57. The normalized spacial score (nSPS) is 11.2. The highest BCUT2D eigenvalue weighted by atomic mass is 32.2. The van der Waals surface area contributed by atoms with E-state index in [1.165, 1.54) is 11.8 Å². The first-order valence-corrected chi connectivity index (χ1v) is 8.50. The van der Waals surface area contributed by atoms with Crippen LogP contribution in [0.5, 0.6) is 5.75 Å². The number of methoxy groups -OCH3 is 1. The standard InChI is InChI=1S/C15H18N6O2S/c1-10(2)8-21-15(17-19-20-21)24-9-13-16-14(18-23-13)11-5-4-6-12(7-11)22-3/h4-7,10H,8-9H2,1-3H3. The summed E-state index contributed by atoms with van der Waals surface area (Å²) in [4.78, 5) is 4.41. The number of hydrogen-bond donors (Lipinski definition) is 0. The largest absolute Gasteiger partial charge is 0.497 e. The molecule has 0 amide bonds. The lowest BCUT2D eigenvalue weighted by Crippen LogP contribution is -2.07. The Kier molecular flexibility index (Phi) is 5.09. The van der Waals surface area contributed by atoms with Crippen molar-refractivity contribution in [1.29, 1.82) is 0 Å². The maximum atomic E-state index is 5.31. The van der Waals surface area contributed by atoms with Crippen molar-refractivity contribution < 1.29 is 9.26 Å². The van der Waals surface area contributed by atoms with Crippen molar-refractivity contribution in [3.05, 3.63) is 30.2 Å². The fourth-order valence-corrected chi connectivity index (χ4v) is 2.80. The second kappa shape index (κ2) is 7.43. The maximum Gasteiger partial charge on any atom is 0.237 e. The number of nitrogens with zero attached hydrogens (tertiary/aromatic N) is 6. The number of tetrazole rings is 1. The third-order valence-corrected chi connectivity index (χ3v) is 4.10. The minimum absolute atomic E-state index is 0.468. The molecule has 0 N–H and O–H groups in total. The van der Waals surface area contributed by atoms with Gasteiger partial charge >= 0.3 is 0 Å². The Morgan fingerprint density at radius 3 is 3.00 bits per heavy atom. The molecule has 24 heavy (non-hydrogen) atoms. The highest BCUT2D eigenvalue weighted by Crippen LogP contribution is 2.24. The van der Waals surface area contributed by atoms with Crippen molar-refractivity contribution >= 4 is 11.8 Å². The van der Waals surface area contributed by atoms with Crippen LogP contribution in [0.3, 0.4) is 0 Å². The topological polar surface area (TPSA) is 91.8 Å². The summed E-state index contributed by atoms with van der Waals surface area (Å²) in [6, 6.07) is 7.53. The number of rotatable bonds is 7. The minimum Gasteiger partial charge on any atom is -0.497 e. The smallest absolute Gasteiger partial charge is 0.237 e. The molecule has 126 valence electrons. The monoisotopic (exact) mass is 346 g/mol. The van der Waals surface area contributed by atoms with Crippen molar-refractivity contribution in [3.8, 4) is 17.1 Å². The van der Waals surface area contributed by atoms with Gasteiger partial charge in [-0.15, -0.1) is 5.10 Å². The first-order chi connectivity index (χ1) is 11.7. The van der Waals surface area contributed by atoms with Crippen molar-refractivity contribution in [2.45, 2.75) is 31.3 Å². The van der Waals surface area contributed by atoms with Gasteiger partial charge in [-0.2, -0.15) is 4.98 Å². The predicted octanol–water partition coefficient (Wildman–Crippen LogP) is 2.68. The molecule has 8 nitrogen and oxygen atoms in total. The van der Waals surface area contributed by atoms with Crippen LogP contribution in [-0.4, -0.2) is 37.5 Å². The van der Waals surface area contributed by atoms with Gasteiger partial charge in [0.25, 0.3) is 0 Å². The maximum absolute atomic E-state index is 5.31. The van der Waals surface area contributed by atoms with Crippen molar-refractivity contribution in [3.63, 3.8) is 0 Å². The summed E-state index contributed by atoms with van der Waals surface area (Å²) in [6.45, 7) is 5.01. The fourth-order valence-electron chi connectivity index (χ4n) is 2.08. The Balaban J connectivity index is 1.67. The van der Waals surface area contributed by atoms with Crippen LogP contribution < -0.4 is 4.74 Å². The van der Waals surface area contributed by atoms with Gasteiger partial charge in [-0.25, -0.2) is 4.68 Å². The highest BCUT2D eigenvalue weighted by molar-refractivity contribution is 7.98. The molecule has 0 aliphatic carbocycles. The quantitative estimate of drug-likeness (QED) is 0.603. The first-order valence-electron chi connectivity index (χ1n) is 7.51. The van der Waals surface area contributed by atoms with E-state index in [4.69, 9.17) is 9.26 Å². The van der Waals surface area contributed by atoms with Gasteiger partial charge < -0.3 is 9.26 Å². The molecule has 0 atom stereocenters. The third-order valence-electron chi connectivity index (χ3n) is 3.16. The van der Waals surface area contributed by atoms with E-state index in [-0.39, 0.29) is 0 Å². The van der Waals surface area contributed by atoms with Crippen molar-refractivity contribution in [2.75, 3.05) is 7.11 Å². The summed E-state index contributed by atoms with van der Waals surface area (Å²) in [5, 5.41) is 16.5. The Hall–Kier alpha value is -2.42. The molecule has 0 radical (unpaired) electrons. The van der Waals surface area contributed by atoms with E-state index in [0.29, 0.717) is 23.4 Å². The number of hydrogen-bond acceptors (Lipinski definition) is 8. The van der Waals surface area contributed by atoms with E-state index in [9.17, 15) is 0 Å². The molecular formula is C15H18N6O2S. The molecule has 2 aromatic heterocycles. The molecule has 0 aliphatic rings. The zero-order chi connectivity index (χ0) is 16.9. The van der Waals surface area contributed by atoms with Gasteiger partial charge in [0.15, 0.2) is 0 Å². The second-order valence-corrected chi connectivity index (χ2v) is 6.51. The average molecular weight is 346 g/mol. The zero-order valence-electron chi connectivity index (χ0n) is 13.7. The Labute approximate surface area is 143 Å². The molecule has 9 heteroatoms. The van der Waals surface area contributed by atoms with E-state index in [1.807, 2.05) is 24.3 Å². The molecule has 1 aromatic carbocycles. The van der Waals surface area contributed by atoms with Gasteiger partial charge in [0.2, 0.25) is 16.9 Å². The van der Waals surface area contributed by atoms with E-state index >= 15 is 0 Å². The first kappa shape index (κ1) is 16.4. The zero-order valence-corrected chi connectivity index (χ0v) is 14.5. The Morgan fingerprint density at radius 2 is 2.21 bits per heavy atom. The lowest BCUT2D eigenvalue weighted by atomic mass is 10.2. The van der Waals surface area contributed by atoms with Gasteiger partial charge in [-0.3, -0.25) is 0 Å². The molecule has 3 rings (SSSR count). The van der Waals surface area contributed by atoms with Crippen LogP contribution in [0.1, 0.15) is 19.7 Å². The Bertz CT molecular complexity index is 801. The summed E-state index contributed by atoms with van der Waals surface area (Å²) in [5.41, 5.74) is 0.846. The van der Waals surface area contributed by atoms with Gasteiger partial charge in [-0.05, 0) is 28.5 Å². The van der Waals surface area contributed by atoms with Crippen molar-refractivity contribution in [1.82, 2.24) is 30.3 Å². The summed E-state index contributed by atoms with van der Waals surface area (Å²) < 4.78 is 12.3. The van der Waals surface area contributed by atoms with E-state index in [2.05, 4.69) is 39.5 Å². The molecule has 0 fully saturated rings. The molecular weight excluding hydrogens is 328 g/mol. The summed E-state index contributed by atoms with van der Waals surface area (Å²) >= 11 is 1.47. The number of thioether (sulfide) groups is 1. The molecule has 0 aliphatic heterocycles. The lowest BCUT2D eigenvalue weighted by molar-refractivity contribution is 0.391. The fraction of sp³-hybridized carbons (Fsp3) is 0.400. The Morgan fingerprint density at radius 1 is 1.33 bits per heavy atom. The van der Waals surface area contributed by atoms with E-state index < -0.39 is 0 Å². The summed E-state index contributed by atoms with van der Waals surface area (Å²) in [6.07, 6.45) is 0. The number of benzene rings is 1. The summed E-state index contributed by atoms with van der Waals surface area (Å²) in [5.74, 6) is 2.79. The molecule has 0 saturated heterocycles. The van der Waals surface area contributed by atoms with Crippen LogP contribution >= 0.6 is 11.8 Å². The van der Waals surface area contributed by atoms with Gasteiger partial charge in [0, 0.05) is 12.1 Å². The SMILES string of the molecule is COc1cccc(-c2noc(CSc3nnnn3CC(C)C)n2)c1. The highest BCUT2D eigenvalue weighted by Gasteiger charge is 2.13. The molecule has 0 bridgehead atoms. The predicted molar refractivity (Wildman–Crippen MR) is 88.5 cm³/mol.